The van der Waals surface area contributed by atoms with Gasteiger partial charge in [-0.2, -0.15) is 0 Å². The molecule has 0 aromatic heterocycles. The Morgan fingerprint density at radius 2 is 1.92 bits per heavy atom. The Hall–Kier alpha value is -3.23. The van der Waals surface area contributed by atoms with Gasteiger partial charge < -0.3 is 14.7 Å². The molecule has 0 saturated carbocycles. The van der Waals surface area contributed by atoms with Gasteiger partial charge in [0, 0.05) is 12.1 Å². The first-order valence-electron chi connectivity index (χ1n) is 7.42. The Labute approximate surface area is 142 Å². The van der Waals surface area contributed by atoms with E-state index < -0.39 is 40.9 Å². The minimum Gasteiger partial charge on any atom is -0.503 e. The number of ketones is 1. The van der Waals surface area contributed by atoms with Crippen LogP contribution < -0.4 is 0 Å². The lowest BCUT2D eigenvalue weighted by molar-refractivity contribution is -0.384. The first-order chi connectivity index (χ1) is 11.8. The molecular weight excluding hydrogens is 332 g/mol. The summed E-state index contributed by atoms with van der Waals surface area (Å²) in [5, 5.41) is 20.8. The lowest BCUT2D eigenvalue weighted by atomic mass is 9.96. The molecule has 0 aliphatic carbocycles. The van der Waals surface area contributed by atoms with Crippen LogP contribution in [0, 0.1) is 10.1 Å². The summed E-state index contributed by atoms with van der Waals surface area (Å²) >= 11 is 0. The second-order valence-corrected chi connectivity index (χ2v) is 5.31. The van der Waals surface area contributed by atoms with Gasteiger partial charge in [0.05, 0.1) is 23.1 Å². The summed E-state index contributed by atoms with van der Waals surface area (Å²) in [5.41, 5.74) is 0.0308. The number of aliphatic hydroxyl groups excluding tert-OH is 1. The third kappa shape index (κ3) is 3.49. The second-order valence-electron chi connectivity index (χ2n) is 5.31. The highest BCUT2D eigenvalue weighted by Crippen LogP contribution is 2.37. The fraction of sp³-hybridized carbons (Fsp3) is 0.312. The Kier molecular flexibility index (Phi) is 5.16. The van der Waals surface area contributed by atoms with E-state index in [1.165, 1.54) is 31.2 Å². The molecule has 0 spiro atoms. The van der Waals surface area contributed by atoms with Crippen LogP contribution in [0.25, 0.3) is 0 Å². The minimum atomic E-state index is -1.02. The molecule has 1 N–H and O–H groups in total. The monoisotopic (exact) mass is 348 g/mol. The summed E-state index contributed by atoms with van der Waals surface area (Å²) in [6, 6.07) is 4.16. The second kappa shape index (κ2) is 7.12. The fourth-order valence-corrected chi connectivity index (χ4v) is 2.65. The number of ether oxygens (including phenoxy) is 1. The largest absolute Gasteiger partial charge is 0.503 e. The van der Waals surface area contributed by atoms with Crippen molar-refractivity contribution in [2.45, 2.75) is 19.9 Å². The fourth-order valence-electron chi connectivity index (χ4n) is 2.65. The Balaban J connectivity index is 2.45. The van der Waals surface area contributed by atoms with Gasteiger partial charge in [0.1, 0.15) is 6.54 Å². The minimum absolute atomic E-state index is 0.113. The number of benzene rings is 1. The number of carbonyl (C=O) groups excluding carboxylic acids is 3. The van der Waals surface area contributed by atoms with E-state index in [1.54, 1.807) is 6.92 Å². The van der Waals surface area contributed by atoms with Crippen LogP contribution in [-0.2, 0) is 19.1 Å². The summed E-state index contributed by atoms with van der Waals surface area (Å²) in [5.74, 6) is -2.84. The highest BCUT2D eigenvalue weighted by Gasteiger charge is 2.43. The lowest BCUT2D eigenvalue weighted by Gasteiger charge is -2.25. The van der Waals surface area contributed by atoms with E-state index in [-0.39, 0.29) is 17.9 Å². The summed E-state index contributed by atoms with van der Waals surface area (Å²) in [4.78, 5) is 47.1. The molecule has 9 heteroatoms. The number of nitrogens with zero attached hydrogens (tertiary/aromatic N) is 2. The third-order valence-electron chi connectivity index (χ3n) is 3.71. The maximum atomic E-state index is 12.3. The topological polar surface area (TPSA) is 127 Å². The predicted molar refractivity (Wildman–Crippen MR) is 84.5 cm³/mol. The van der Waals surface area contributed by atoms with E-state index in [1.807, 2.05) is 0 Å². The van der Waals surface area contributed by atoms with Gasteiger partial charge in [0.15, 0.2) is 11.5 Å². The van der Waals surface area contributed by atoms with Gasteiger partial charge in [-0.3, -0.25) is 24.5 Å². The van der Waals surface area contributed by atoms with Crippen LogP contribution in [-0.4, -0.2) is 45.7 Å². The molecule has 0 fully saturated rings. The van der Waals surface area contributed by atoms with Crippen molar-refractivity contribution in [3.8, 4) is 0 Å². The van der Waals surface area contributed by atoms with Crippen LogP contribution in [0.1, 0.15) is 25.5 Å². The number of esters is 1. The standard InChI is InChI=1S/C16H16N2O7/c1-3-25-12(20)8-17-14(13(9(2)19)15(21)16(17)22)10-4-6-11(7-5-10)18(23)24/h4-7,14,21H,3,8H2,1-2H3/t14-/m1/s1. The predicted octanol–water partition coefficient (Wildman–Crippen LogP) is 1.44. The van der Waals surface area contributed by atoms with Gasteiger partial charge >= 0.3 is 5.97 Å². The molecule has 1 atom stereocenters. The van der Waals surface area contributed by atoms with Crippen LogP contribution in [0.2, 0.25) is 0 Å². The molecule has 132 valence electrons. The Bertz CT molecular complexity index is 767. The van der Waals surface area contributed by atoms with Gasteiger partial charge in [-0.15, -0.1) is 0 Å². The quantitative estimate of drug-likeness (QED) is 0.468. The first kappa shape index (κ1) is 18.1. The average molecular weight is 348 g/mol. The Morgan fingerprint density at radius 3 is 2.40 bits per heavy atom. The van der Waals surface area contributed by atoms with Crippen molar-refractivity contribution < 1.29 is 29.2 Å². The highest BCUT2D eigenvalue weighted by molar-refractivity contribution is 6.08. The highest BCUT2D eigenvalue weighted by atomic mass is 16.6. The molecule has 1 heterocycles. The van der Waals surface area contributed by atoms with E-state index in [9.17, 15) is 29.6 Å². The average Bonchev–Trinajstić information content (AvgIpc) is 2.80. The summed E-state index contributed by atoms with van der Waals surface area (Å²) in [6.45, 7) is 2.44. The van der Waals surface area contributed by atoms with Gasteiger partial charge in [0.25, 0.3) is 11.6 Å². The number of hydrogen-bond acceptors (Lipinski definition) is 7. The SMILES string of the molecule is CCOC(=O)CN1C(=O)C(O)=C(C(C)=O)[C@H]1c1ccc([N+](=O)[O-])cc1. The molecule has 1 aliphatic rings. The number of Topliss-reactive ketones (excluding diaryl/α,β-unsaturated/α-hetero) is 1. The number of nitro benzene ring substituents is 1. The summed E-state index contributed by atoms with van der Waals surface area (Å²) in [6.07, 6.45) is 0. The molecule has 0 saturated heterocycles. The van der Waals surface area contributed by atoms with Crippen LogP contribution in [0.5, 0.6) is 0 Å². The molecular formula is C16H16N2O7. The molecule has 1 amide bonds. The van der Waals surface area contributed by atoms with Crippen molar-refractivity contribution in [2.24, 2.45) is 0 Å². The smallest absolute Gasteiger partial charge is 0.325 e. The van der Waals surface area contributed by atoms with Crippen molar-refractivity contribution in [3.63, 3.8) is 0 Å². The van der Waals surface area contributed by atoms with Crippen LogP contribution >= 0.6 is 0 Å². The number of nitro groups is 1. The van der Waals surface area contributed by atoms with Gasteiger partial charge in [-0.1, -0.05) is 0 Å². The normalized spacial score (nSPS) is 17.0. The van der Waals surface area contributed by atoms with E-state index in [0.717, 1.165) is 4.90 Å². The lowest BCUT2D eigenvalue weighted by Crippen LogP contribution is -2.36. The molecule has 1 aromatic rings. The molecule has 1 aromatic carbocycles. The van der Waals surface area contributed by atoms with Crippen molar-refractivity contribution in [1.29, 1.82) is 0 Å². The molecule has 9 nitrogen and oxygen atoms in total. The van der Waals surface area contributed by atoms with Gasteiger partial charge in [-0.05, 0) is 31.5 Å². The molecule has 1 aliphatic heterocycles. The van der Waals surface area contributed by atoms with Crippen molar-refractivity contribution in [1.82, 2.24) is 4.90 Å². The number of aliphatic hydroxyl groups is 1. The summed E-state index contributed by atoms with van der Waals surface area (Å²) in [7, 11) is 0. The van der Waals surface area contributed by atoms with Crippen molar-refractivity contribution >= 4 is 23.3 Å². The number of carbonyl (C=O) groups is 3. The van der Waals surface area contributed by atoms with Crippen LogP contribution in [0.4, 0.5) is 5.69 Å². The summed E-state index contributed by atoms with van der Waals surface area (Å²) < 4.78 is 4.81. The molecule has 0 radical (unpaired) electrons. The number of amides is 1. The van der Waals surface area contributed by atoms with Gasteiger partial charge in [0.2, 0.25) is 0 Å². The zero-order valence-electron chi connectivity index (χ0n) is 13.6. The zero-order valence-corrected chi connectivity index (χ0v) is 13.6. The first-order valence-corrected chi connectivity index (χ1v) is 7.42. The molecule has 2 rings (SSSR count). The van der Waals surface area contributed by atoms with Crippen molar-refractivity contribution in [3.05, 3.63) is 51.3 Å². The molecule has 0 bridgehead atoms. The Morgan fingerprint density at radius 1 is 1.32 bits per heavy atom. The van der Waals surface area contributed by atoms with Crippen molar-refractivity contribution in [2.75, 3.05) is 13.2 Å². The number of rotatable bonds is 6. The van der Waals surface area contributed by atoms with E-state index in [0.29, 0.717) is 5.56 Å². The third-order valence-corrected chi connectivity index (χ3v) is 3.71. The molecule has 25 heavy (non-hydrogen) atoms. The van der Waals surface area contributed by atoms with E-state index >= 15 is 0 Å². The maximum Gasteiger partial charge on any atom is 0.325 e. The van der Waals surface area contributed by atoms with Gasteiger partial charge in [-0.25, -0.2) is 0 Å². The van der Waals surface area contributed by atoms with E-state index in [2.05, 4.69) is 0 Å². The maximum absolute atomic E-state index is 12.3. The van der Waals surface area contributed by atoms with E-state index in [4.69, 9.17) is 4.74 Å². The molecule has 0 unspecified atom stereocenters. The number of hydrogen-bond donors (Lipinski definition) is 1. The van der Waals surface area contributed by atoms with Crippen LogP contribution in [0.15, 0.2) is 35.6 Å². The number of non-ortho nitro benzene ring substituents is 1. The zero-order chi connectivity index (χ0) is 18.7. The van der Waals surface area contributed by atoms with Crippen LogP contribution in [0.3, 0.4) is 0 Å².